The molecule has 0 radical (unpaired) electrons. The molecule has 5 heteroatoms. The summed E-state index contributed by atoms with van der Waals surface area (Å²) in [6.07, 6.45) is -5.70. The zero-order chi connectivity index (χ0) is 10.1. The summed E-state index contributed by atoms with van der Waals surface area (Å²) in [6.45, 7) is 0. The van der Waals surface area contributed by atoms with Crippen molar-refractivity contribution in [2.75, 3.05) is 0 Å². The Morgan fingerprint density at radius 1 is 1.23 bits per heavy atom. The van der Waals surface area contributed by atoms with Crippen LogP contribution in [-0.4, -0.2) is 6.18 Å². The van der Waals surface area contributed by atoms with E-state index < -0.39 is 24.0 Å². The molecule has 1 aromatic rings. The lowest BCUT2D eigenvalue weighted by atomic mass is 10.1. The quantitative estimate of drug-likeness (QED) is 0.624. The molecule has 0 saturated carbocycles. The second-order valence-electron chi connectivity index (χ2n) is 2.53. The second kappa shape index (κ2) is 3.54. The van der Waals surface area contributed by atoms with E-state index in [1.165, 1.54) is 6.07 Å². The molecular weight excluding hydrogens is 208 g/mol. The molecule has 0 aliphatic rings. The van der Waals surface area contributed by atoms with Gasteiger partial charge in [-0.2, -0.15) is 13.2 Å². The van der Waals surface area contributed by atoms with Gasteiger partial charge in [0.25, 0.3) is 0 Å². The maximum absolute atomic E-state index is 12.7. The predicted octanol–water partition coefficient (Wildman–Crippen LogP) is 3.58. The second-order valence-corrected chi connectivity index (χ2v) is 2.96. The van der Waals surface area contributed by atoms with Crippen molar-refractivity contribution < 1.29 is 17.6 Å². The van der Waals surface area contributed by atoms with Crippen LogP contribution in [0.2, 0.25) is 5.02 Å². The third kappa shape index (κ3) is 3.22. The highest BCUT2D eigenvalue weighted by molar-refractivity contribution is 6.30. The van der Waals surface area contributed by atoms with E-state index in [9.17, 15) is 17.6 Å². The Morgan fingerprint density at radius 3 is 2.38 bits per heavy atom. The van der Waals surface area contributed by atoms with Gasteiger partial charge < -0.3 is 0 Å². The lowest BCUT2D eigenvalue weighted by molar-refractivity contribution is -0.127. The van der Waals surface area contributed by atoms with E-state index in [0.29, 0.717) is 0 Å². The van der Waals surface area contributed by atoms with Crippen LogP contribution in [0.3, 0.4) is 0 Å². The maximum Gasteiger partial charge on any atom is 0.393 e. The molecule has 1 aromatic carbocycles. The van der Waals surface area contributed by atoms with Gasteiger partial charge >= 0.3 is 6.18 Å². The average molecular weight is 213 g/mol. The molecule has 0 aliphatic carbocycles. The van der Waals surface area contributed by atoms with Crippen LogP contribution in [0.15, 0.2) is 18.2 Å². The molecule has 0 aromatic heterocycles. The molecule has 13 heavy (non-hydrogen) atoms. The van der Waals surface area contributed by atoms with E-state index in [4.69, 9.17) is 11.6 Å². The van der Waals surface area contributed by atoms with Gasteiger partial charge in [0.15, 0.2) is 0 Å². The summed E-state index contributed by atoms with van der Waals surface area (Å²) in [7, 11) is 0. The Labute approximate surface area is 77.1 Å². The van der Waals surface area contributed by atoms with Crippen LogP contribution >= 0.6 is 11.6 Å². The largest absolute Gasteiger partial charge is 0.393 e. The van der Waals surface area contributed by atoms with Gasteiger partial charge in [0.2, 0.25) is 0 Å². The first kappa shape index (κ1) is 10.3. The first-order valence-corrected chi connectivity index (χ1v) is 3.77. The van der Waals surface area contributed by atoms with Crippen LogP contribution in [0.1, 0.15) is 5.56 Å². The summed E-state index contributed by atoms with van der Waals surface area (Å²) in [6, 6.07) is 3.10. The third-order valence-electron chi connectivity index (χ3n) is 1.40. The minimum atomic E-state index is -4.41. The summed E-state index contributed by atoms with van der Waals surface area (Å²) in [5.74, 6) is -0.887. The SMILES string of the molecule is Fc1ccc(Cl)cc1CC(F)(F)F. The van der Waals surface area contributed by atoms with Gasteiger partial charge in [-0.3, -0.25) is 0 Å². The number of benzene rings is 1. The van der Waals surface area contributed by atoms with Crippen molar-refractivity contribution in [3.05, 3.63) is 34.6 Å². The standard InChI is InChI=1S/C8H5ClF4/c9-6-1-2-7(10)5(3-6)4-8(11,12)13/h1-3H,4H2. The van der Waals surface area contributed by atoms with Crippen LogP contribution in [0, 0.1) is 5.82 Å². The predicted molar refractivity (Wildman–Crippen MR) is 41.2 cm³/mol. The number of hydrogen-bond acceptors (Lipinski definition) is 0. The van der Waals surface area contributed by atoms with E-state index in [1.807, 2.05) is 0 Å². The molecule has 0 amide bonds. The van der Waals surface area contributed by atoms with Crippen LogP contribution in [0.5, 0.6) is 0 Å². The topological polar surface area (TPSA) is 0 Å². The first-order valence-electron chi connectivity index (χ1n) is 3.39. The molecule has 0 N–H and O–H groups in total. The maximum atomic E-state index is 12.7. The summed E-state index contributed by atoms with van der Waals surface area (Å²) < 4.78 is 48.3. The molecule has 0 heterocycles. The molecule has 0 aliphatic heterocycles. The molecule has 0 saturated heterocycles. The zero-order valence-electron chi connectivity index (χ0n) is 6.33. The molecule has 0 nitrogen and oxygen atoms in total. The Hall–Kier alpha value is -0.770. The summed E-state index contributed by atoms with van der Waals surface area (Å²) in [4.78, 5) is 0. The molecule has 0 bridgehead atoms. The summed E-state index contributed by atoms with van der Waals surface area (Å²) in [5.41, 5.74) is -0.431. The summed E-state index contributed by atoms with van der Waals surface area (Å²) >= 11 is 5.41. The fourth-order valence-corrected chi connectivity index (χ4v) is 1.09. The van der Waals surface area contributed by atoms with Crippen LogP contribution < -0.4 is 0 Å². The number of hydrogen-bond donors (Lipinski definition) is 0. The third-order valence-corrected chi connectivity index (χ3v) is 1.63. The van der Waals surface area contributed by atoms with Gasteiger partial charge in [-0.25, -0.2) is 4.39 Å². The fourth-order valence-electron chi connectivity index (χ4n) is 0.895. The smallest absolute Gasteiger partial charge is 0.207 e. The van der Waals surface area contributed by atoms with Gasteiger partial charge in [-0.05, 0) is 23.8 Å². The Bertz CT molecular complexity index is 306. The number of alkyl halides is 3. The van der Waals surface area contributed by atoms with Crippen molar-refractivity contribution >= 4 is 11.6 Å². The van der Waals surface area contributed by atoms with Crippen molar-refractivity contribution in [1.29, 1.82) is 0 Å². The Morgan fingerprint density at radius 2 is 1.85 bits per heavy atom. The van der Waals surface area contributed by atoms with Crippen molar-refractivity contribution in [3.8, 4) is 0 Å². The van der Waals surface area contributed by atoms with Gasteiger partial charge in [-0.1, -0.05) is 11.6 Å². The van der Waals surface area contributed by atoms with Gasteiger partial charge in [0.1, 0.15) is 5.82 Å². The zero-order valence-corrected chi connectivity index (χ0v) is 7.08. The van der Waals surface area contributed by atoms with Crippen molar-refractivity contribution in [2.45, 2.75) is 12.6 Å². The van der Waals surface area contributed by atoms with Gasteiger partial charge in [0, 0.05) is 5.02 Å². The molecular formula is C8H5ClF4. The van der Waals surface area contributed by atoms with E-state index in [0.717, 1.165) is 12.1 Å². The van der Waals surface area contributed by atoms with E-state index in [1.54, 1.807) is 0 Å². The molecule has 0 unspecified atom stereocenters. The minimum absolute atomic E-state index is 0.0978. The summed E-state index contributed by atoms with van der Waals surface area (Å²) in [5, 5.41) is 0.0978. The first-order chi connectivity index (χ1) is 5.88. The van der Waals surface area contributed by atoms with E-state index in [-0.39, 0.29) is 5.02 Å². The molecule has 0 fully saturated rings. The van der Waals surface area contributed by atoms with Crippen molar-refractivity contribution in [2.24, 2.45) is 0 Å². The molecule has 72 valence electrons. The van der Waals surface area contributed by atoms with E-state index >= 15 is 0 Å². The Kier molecular flexibility index (Phi) is 2.81. The van der Waals surface area contributed by atoms with Crippen LogP contribution in [0.25, 0.3) is 0 Å². The van der Waals surface area contributed by atoms with Crippen molar-refractivity contribution in [3.63, 3.8) is 0 Å². The highest BCUT2D eigenvalue weighted by Gasteiger charge is 2.29. The van der Waals surface area contributed by atoms with E-state index in [2.05, 4.69) is 0 Å². The van der Waals surface area contributed by atoms with Crippen molar-refractivity contribution in [1.82, 2.24) is 0 Å². The number of halogens is 5. The van der Waals surface area contributed by atoms with Crippen LogP contribution in [-0.2, 0) is 6.42 Å². The van der Waals surface area contributed by atoms with Crippen LogP contribution in [0.4, 0.5) is 17.6 Å². The average Bonchev–Trinajstić information content (AvgIpc) is 1.94. The fraction of sp³-hybridized carbons (Fsp3) is 0.250. The molecule has 1 rings (SSSR count). The molecule has 0 atom stereocenters. The lowest BCUT2D eigenvalue weighted by Crippen LogP contribution is -2.12. The minimum Gasteiger partial charge on any atom is -0.207 e. The van der Waals surface area contributed by atoms with Gasteiger partial charge in [-0.15, -0.1) is 0 Å². The number of rotatable bonds is 1. The Balaban J connectivity index is 2.94. The monoisotopic (exact) mass is 212 g/mol. The molecule has 0 spiro atoms. The highest BCUT2D eigenvalue weighted by Crippen LogP contribution is 2.24. The lowest BCUT2D eigenvalue weighted by Gasteiger charge is -2.07. The van der Waals surface area contributed by atoms with Gasteiger partial charge in [0.05, 0.1) is 6.42 Å². The highest BCUT2D eigenvalue weighted by atomic mass is 35.5. The normalized spacial score (nSPS) is 11.8.